The van der Waals surface area contributed by atoms with Crippen molar-refractivity contribution in [3.05, 3.63) is 46.2 Å². The van der Waals surface area contributed by atoms with Crippen molar-refractivity contribution in [3.63, 3.8) is 0 Å². The van der Waals surface area contributed by atoms with Gasteiger partial charge in [-0.2, -0.15) is 0 Å². The summed E-state index contributed by atoms with van der Waals surface area (Å²) in [5.74, 6) is 1.32. The summed E-state index contributed by atoms with van der Waals surface area (Å²) in [5, 5.41) is 15.5. The minimum absolute atomic E-state index is 0.110. The Morgan fingerprint density at radius 1 is 1.18 bits per heavy atom. The number of ether oxygens (including phenoxy) is 1. The van der Waals surface area contributed by atoms with Crippen molar-refractivity contribution in [2.75, 3.05) is 18.2 Å². The van der Waals surface area contributed by atoms with Crippen LogP contribution in [0.25, 0.3) is 0 Å². The number of amides is 2. The summed E-state index contributed by atoms with van der Waals surface area (Å²) >= 11 is 2.76. The summed E-state index contributed by atoms with van der Waals surface area (Å²) in [6, 6.07) is 7.07. The summed E-state index contributed by atoms with van der Waals surface area (Å²) in [7, 11) is 1.61. The highest BCUT2D eigenvalue weighted by molar-refractivity contribution is 7.99. The molecule has 0 aliphatic carbocycles. The Morgan fingerprint density at radius 3 is 2.52 bits per heavy atom. The summed E-state index contributed by atoms with van der Waals surface area (Å²) in [5.41, 5.74) is 1.81. The molecule has 2 aromatic heterocycles. The number of nitrogens with one attached hydrogen (secondary N) is 2. The Hall–Kier alpha value is -2.92. The minimum atomic E-state index is -0.326. The van der Waals surface area contributed by atoms with E-state index in [-0.39, 0.29) is 30.0 Å². The van der Waals surface area contributed by atoms with Crippen molar-refractivity contribution < 1.29 is 14.3 Å². The molecule has 1 atom stereocenters. The second-order valence-corrected chi connectivity index (χ2v) is 9.54. The van der Waals surface area contributed by atoms with Crippen molar-refractivity contribution in [2.24, 2.45) is 0 Å². The van der Waals surface area contributed by atoms with Gasteiger partial charge in [0.05, 0.1) is 31.0 Å². The van der Waals surface area contributed by atoms with Gasteiger partial charge in [0.15, 0.2) is 16.1 Å². The zero-order chi connectivity index (χ0) is 24.0. The minimum Gasteiger partial charge on any atom is -0.497 e. The molecule has 33 heavy (non-hydrogen) atoms. The molecule has 3 rings (SSSR count). The molecule has 0 fully saturated rings. The van der Waals surface area contributed by atoms with E-state index in [2.05, 4.69) is 25.8 Å². The SMILES string of the molecule is CCn1c(SCC(=O)Nc2nc(C)c(C)s2)nnc1C(C)NC(=O)Cc1ccc(OC)cc1. The highest BCUT2D eigenvalue weighted by Crippen LogP contribution is 2.23. The van der Waals surface area contributed by atoms with Crippen LogP contribution < -0.4 is 15.4 Å². The summed E-state index contributed by atoms with van der Waals surface area (Å²) in [4.78, 5) is 30.2. The first kappa shape index (κ1) is 24.7. The molecule has 3 aromatic rings. The number of aryl methyl sites for hydroxylation is 2. The van der Waals surface area contributed by atoms with Crippen molar-refractivity contribution in [1.82, 2.24) is 25.1 Å². The molecule has 0 spiro atoms. The van der Waals surface area contributed by atoms with E-state index in [0.717, 1.165) is 21.9 Å². The Balaban J connectivity index is 1.56. The zero-order valence-corrected chi connectivity index (χ0v) is 21.0. The van der Waals surface area contributed by atoms with Crippen LogP contribution in [0.1, 0.15) is 41.8 Å². The molecule has 2 amide bonds. The van der Waals surface area contributed by atoms with Crippen molar-refractivity contribution in [1.29, 1.82) is 0 Å². The fourth-order valence-corrected chi connectivity index (χ4v) is 4.76. The van der Waals surface area contributed by atoms with Gasteiger partial charge in [-0.1, -0.05) is 23.9 Å². The van der Waals surface area contributed by atoms with Crippen LogP contribution in [0.2, 0.25) is 0 Å². The summed E-state index contributed by atoms with van der Waals surface area (Å²) in [6.07, 6.45) is 0.256. The topological polar surface area (TPSA) is 111 Å². The predicted molar refractivity (Wildman–Crippen MR) is 130 cm³/mol. The Kier molecular flexibility index (Phi) is 8.45. The Labute approximate surface area is 201 Å². The third kappa shape index (κ3) is 6.55. The molecule has 176 valence electrons. The number of nitrogens with zero attached hydrogens (tertiary/aromatic N) is 4. The zero-order valence-electron chi connectivity index (χ0n) is 19.3. The molecule has 1 unspecified atom stereocenters. The molecule has 0 aliphatic rings. The maximum absolute atomic E-state index is 12.5. The molecule has 0 bridgehead atoms. The monoisotopic (exact) mass is 488 g/mol. The lowest BCUT2D eigenvalue weighted by molar-refractivity contribution is -0.121. The van der Waals surface area contributed by atoms with Crippen molar-refractivity contribution in [2.45, 2.75) is 51.9 Å². The van der Waals surface area contributed by atoms with Gasteiger partial charge in [-0.25, -0.2) is 4.98 Å². The molecule has 0 saturated heterocycles. The van der Waals surface area contributed by atoms with Crippen LogP contribution in [-0.4, -0.2) is 44.4 Å². The summed E-state index contributed by atoms with van der Waals surface area (Å²) in [6.45, 7) is 8.36. The molecule has 2 N–H and O–H groups in total. The van der Waals surface area contributed by atoms with Crippen LogP contribution in [0.4, 0.5) is 5.13 Å². The number of hydrogen-bond donors (Lipinski definition) is 2. The van der Waals surface area contributed by atoms with E-state index in [0.29, 0.717) is 22.7 Å². The number of aromatic nitrogens is 4. The van der Waals surface area contributed by atoms with Gasteiger partial charge in [-0.15, -0.1) is 21.5 Å². The molecule has 0 radical (unpaired) electrons. The van der Waals surface area contributed by atoms with E-state index >= 15 is 0 Å². The van der Waals surface area contributed by atoms with Crippen molar-refractivity contribution >= 4 is 40.0 Å². The maximum Gasteiger partial charge on any atom is 0.236 e. The molecule has 1 aromatic carbocycles. The lowest BCUT2D eigenvalue weighted by atomic mass is 10.1. The Bertz CT molecular complexity index is 1090. The highest BCUT2D eigenvalue weighted by Gasteiger charge is 2.20. The third-order valence-corrected chi connectivity index (χ3v) is 6.91. The quantitative estimate of drug-likeness (QED) is 0.420. The smallest absolute Gasteiger partial charge is 0.236 e. The van der Waals surface area contributed by atoms with Crippen LogP contribution in [0.3, 0.4) is 0 Å². The van der Waals surface area contributed by atoms with Gasteiger partial charge >= 0.3 is 0 Å². The maximum atomic E-state index is 12.5. The van der Waals surface area contributed by atoms with Gasteiger partial charge in [0.2, 0.25) is 11.8 Å². The Morgan fingerprint density at radius 2 is 1.91 bits per heavy atom. The highest BCUT2D eigenvalue weighted by atomic mass is 32.2. The van der Waals surface area contributed by atoms with Gasteiger partial charge in [-0.3, -0.25) is 9.59 Å². The van der Waals surface area contributed by atoms with Gasteiger partial charge < -0.3 is 19.9 Å². The molecular formula is C22H28N6O3S2. The standard InChI is InChI=1S/C22H28N6O3S2/c1-6-28-20(14(3)23-18(29)11-16-7-9-17(31-5)10-8-16)26-27-22(28)32-12-19(30)25-21-24-13(2)15(4)33-21/h7-10,14H,6,11-12H2,1-5H3,(H,23,29)(H,24,25,30). The number of methoxy groups -OCH3 is 1. The second-order valence-electron chi connectivity index (χ2n) is 7.40. The van der Waals surface area contributed by atoms with Gasteiger partial charge in [0.1, 0.15) is 5.75 Å². The van der Waals surface area contributed by atoms with Crippen LogP contribution in [0.15, 0.2) is 29.4 Å². The van der Waals surface area contributed by atoms with E-state index in [1.165, 1.54) is 23.1 Å². The predicted octanol–water partition coefficient (Wildman–Crippen LogP) is 3.53. The van der Waals surface area contributed by atoms with E-state index in [4.69, 9.17) is 4.74 Å². The van der Waals surface area contributed by atoms with Crippen LogP contribution in [0.5, 0.6) is 5.75 Å². The first-order valence-corrected chi connectivity index (χ1v) is 12.3. The number of rotatable bonds is 10. The molecule has 0 aliphatic heterocycles. The van der Waals surface area contributed by atoms with E-state index in [9.17, 15) is 9.59 Å². The van der Waals surface area contributed by atoms with Gasteiger partial charge in [0, 0.05) is 11.4 Å². The molecule has 11 heteroatoms. The van der Waals surface area contributed by atoms with E-state index in [1.54, 1.807) is 7.11 Å². The van der Waals surface area contributed by atoms with Crippen LogP contribution in [-0.2, 0) is 22.6 Å². The fraction of sp³-hybridized carbons (Fsp3) is 0.409. The normalized spacial score (nSPS) is 11.8. The average molecular weight is 489 g/mol. The number of anilines is 1. The first-order valence-electron chi connectivity index (χ1n) is 10.5. The molecular weight excluding hydrogens is 460 g/mol. The second kappa shape index (κ2) is 11.3. The number of hydrogen-bond acceptors (Lipinski definition) is 8. The molecule has 0 saturated carbocycles. The third-order valence-electron chi connectivity index (χ3n) is 4.96. The first-order chi connectivity index (χ1) is 15.8. The summed E-state index contributed by atoms with van der Waals surface area (Å²) < 4.78 is 7.06. The number of benzene rings is 1. The van der Waals surface area contributed by atoms with E-state index < -0.39 is 0 Å². The lowest BCUT2D eigenvalue weighted by Crippen LogP contribution is -2.30. The van der Waals surface area contributed by atoms with E-state index in [1.807, 2.05) is 56.5 Å². The fourth-order valence-electron chi connectivity index (χ4n) is 3.12. The molecule has 2 heterocycles. The lowest BCUT2D eigenvalue weighted by Gasteiger charge is -2.15. The van der Waals surface area contributed by atoms with Crippen molar-refractivity contribution in [3.8, 4) is 5.75 Å². The van der Waals surface area contributed by atoms with Gasteiger partial charge in [-0.05, 0) is 45.4 Å². The van der Waals surface area contributed by atoms with Crippen LogP contribution in [0, 0.1) is 13.8 Å². The van der Waals surface area contributed by atoms with Crippen LogP contribution >= 0.6 is 23.1 Å². The number of carbonyl (C=O) groups excluding carboxylic acids is 2. The number of carbonyl (C=O) groups is 2. The largest absolute Gasteiger partial charge is 0.497 e. The molecule has 9 nitrogen and oxygen atoms in total. The average Bonchev–Trinajstić information content (AvgIpc) is 3.34. The number of thioether (sulfide) groups is 1. The van der Waals surface area contributed by atoms with Gasteiger partial charge in [0.25, 0.3) is 0 Å². The number of thiazole rings is 1.